The number of allylic oxidation sites excluding steroid dienone is 1. The van der Waals surface area contributed by atoms with E-state index in [2.05, 4.69) is 18.8 Å². The second-order valence-electron chi connectivity index (χ2n) is 8.49. The quantitative estimate of drug-likeness (QED) is 0.778. The second-order valence-corrected chi connectivity index (χ2v) is 8.49. The summed E-state index contributed by atoms with van der Waals surface area (Å²) in [5, 5.41) is 11.0. The molecule has 1 aromatic carbocycles. The van der Waals surface area contributed by atoms with Crippen molar-refractivity contribution in [2.75, 3.05) is 0 Å². The Morgan fingerprint density at radius 3 is 2.66 bits per heavy atom. The third kappa shape index (κ3) is 3.38. The summed E-state index contributed by atoms with van der Waals surface area (Å²) in [4.78, 5) is 16.7. The summed E-state index contributed by atoms with van der Waals surface area (Å²) in [6.45, 7) is 6.08. The van der Waals surface area contributed by atoms with Gasteiger partial charge >= 0.3 is 5.97 Å². The molecule has 4 nitrogen and oxygen atoms in total. The molecule has 6 atom stereocenters. The van der Waals surface area contributed by atoms with Crippen molar-refractivity contribution in [1.29, 1.82) is 0 Å². The van der Waals surface area contributed by atoms with Gasteiger partial charge in [0.25, 0.3) is 0 Å². The summed E-state index contributed by atoms with van der Waals surface area (Å²) in [5.74, 6) is -0.555. The van der Waals surface area contributed by atoms with Crippen molar-refractivity contribution in [3.63, 3.8) is 0 Å². The molecule has 2 aliphatic rings. The number of hydrogen-bond acceptors (Lipinski definition) is 4. The molecule has 1 aromatic heterocycles. The van der Waals surface area contributed by atoms with Crippen LogP contribution in [-0.2, 0) is 9.53 Å². The Morgan fingerprint density at radius 1 is 1.21 bits per heavy atom. The van der Waals surface area contributed by atoms with Crippen LogP contribution in [0, 0.1) is 29.5 Å². The Bertz CT molecular complexity index is 941. The van der Waals surface area contributed by atoms with Gasteiger partial charge in [-0.1, -0.05) is 44.2 Å². The highest BCUT2D eigenvalue weighted by Gasteiger charge is 2.61. The van der Waals surface area contributed by atoms with Gasteiger partial charge in [-0.15, -0.1) is 0 Å². The van der Waals surface area contributed by atoms with Gasteiger partial charge in [-0.05, 0) is 49.3 Å². The predicted octanol–water partition coefficient (Wildman–Crippen LogP) is 4.49. The molecule has 1 N–H and O–H groups in total. The highest BCUT2D eigenvalue weighted by atomic mass is 19.1. The van der Waals surface area contributed by atoms with Crippen LogP contribution in [0.5, 0.6) is 0 Å². The number of carbonyl (C=O) groups excluding carboxylic acids is 1. The lowest BCUT2D eigenvalue weighted by molar-refractivity contribution is -0.160. The van der Waals surface area contributed by atoms with E-state index in [0.717, 1.165) is 11.3 Å². The minimum absolute atomic E-state index is 0.00163. The molecular weight excluding hydrogens is 369 g/mol. The fourth-order valence-electron chi connectivity index (χ4n) is 4.97. The zero-order chi connectivity index (χ0) is 20.8. The topological polar surface area (TPSA) is 59.4 Å². The standard InChI is InChI=1S/C24H26FNO3/c1-14-12-24(28)22(16(3)29-23(24)27)19(15(14)2)11-10-18-9-8-17(13-26-18)20-6-4-5-7-21(20)25/h4-11,13-16,19,22,28H,12H2,1-3H3/b11-10+/t14-,15+,16+,19-,22-,24-/m0/s1. The Morgan fingerprint density at radius 2 is 1.97 bits per heavy atom. The van der Waals surface area contributed by atoms with Crippen LogP contribution in [0.15, 0.2) is 48.7 Å². The van der Waals surface area contributed by atoms with E-state index in [1.807, 2.05) is 31.2 Å². The minimum Gasteiger partial charge on any atom is -0.460 e. The van der Waals surface area contributed by atoms with Crippen LogP contribution in [0.3, 0.4) is 0 Å². The van der Waals surface area contributed by atoms with E-state index in [9.17, 15) is 14.3 Å². The molecule has 0 amide bonds. The number of carbonyl (C=O) groups is 1. The van der Waals surface area contributed by atoms with Gasteiger partial charge in [0, 0.05) is 23.2 Å². The van der Waals surface area contributed by atoms with Gasteiger partial charge in [-0.3, -0.25) is 4.98 Å². The zero-order valence-corrected chi connectivity index (χ0v) is 16.9. The molecule has 1 aliphatic heterocycles. The fourth-order valence-corrected chi connectivity index (χ4v) is 4.97. The maximum Gasteiger partial charge on any atom is 0.338 e. The molecule has 29 heavy (non-hydrogen) atoms. The molecule has 0 bridgehead atoms. The normalized spacial score (nSPS) is 34.2. The molecule has 0 spiro atoms. The number of pyridine rings is 1. The Labute approximate surface area is 170 Å². The van der Waals surface area contributed by atoms with E-state index in [-0.39, 0.29) is 29.7 Å². The van der Waals surface area contributed by atoms with E-state index >= 15 is 0 Å². The number of esters is 1. The van der Waals surface area contributed by atoms with Crippen molar-refractivity contribution in [2.45, 2.75) is 38.9 Å². The molecule has 1 aliphatic carbocycles. The third-order valence-corrected chi connectivity index (χ3v) is 6.72. The maximum atomic E-state index is 14.0. The Hall–Kier alpha value is -2.53. The number of nitrogens with zero attached hydrogens (tertiary/aromatic N) is 1. The number of halogens is 1. The largest absolute Gasteiger partial charge is 0.460 e. The first-order chi connectivity index (χ1) is 13.8. The lowest BCUT2D eigenvalue weighted by Crippen LogP contribution is -2.52. The first-order valence-electron chi connectivity index (χ1n) is 10.1. The molecule has 4 rings (SSSR count). The SMILES string of the molecule is C[C@H]1[C@H](/C=C/c2ccc(-c3ccccc3F)cn2)[C@@H]2[C@@H](C)OC(=O)[C@]2(O)C[C@@H]1C. The first kappa shape index (κ1) is 19.8. The molecule has 0 unspecified atom stereocenters. The van der Waals surface area contributed by atoms with Gasteiger partial charge in [0.15, 0.2) is 5.60 Å². The highest BCUT2D eigenvalue weighted by molar-refractivity contribution is 5.82. The maximum absolute atomic E-state index is 14.0. The van der Waals surface area contributed by atoms with Crippen molar-refractivity contribution in [1.82, 2.24) is 4.98 Å². The van der Waals surface area contributed by atoms with E-state index in [1.54, 1.807) is 24.4 Å². The van der Waals surface area contributed by atoms with Crippen LogP contribution in [-0.4, -0.2) is 27.8 Å². The number of cyclic esters (lactones) is 1. The zero-order valence-electron chi connectivity index (χ0n) is 16.9. The molecule has 2 aromatic rings. The average molecular weight is 395 g/mol. The van der Waals surface area contributed by atoms with Crippen molar-refractivity contribution < 1.29 is 19.0 Å². The lowest BCUT2D eigenvalue weighted by atomic mass is 9.60. The van der Waals surface area contributed by atoms with Crippen LogP contribution in [0.4, 0.5) is 4.39 Å². The Balaban J connectivity index is 1.59. The monoisotopic (exact) mass is 395 g/mol. The number of hydrogen-bond donors (Lipinski definition) is 1. The number of rotatable bonds is 3. The molecule has 2 heterocycles. The molecule has 0 radical (unpaired) electrons. The first-order valence-corrected chi connectivity index (χ1v) is 10.1. The van der Waals surface area contributed by atoms with Crippen LogP contribution in [0.1, 0.15) is 32.9 Å². The van der Waals surface area contributed by atoms with Crippen molar-refractivity contribution in [2.24, 2.45) is 23.7 Å². The van der Waals surface area contributed by atoms with Gasteiger partial charge in [-0.2, -0.15) is 0 Å². The molecule has 5 heteroatoms. The summed E-state index contributed by atoms with van der Waals surface area (Å²) >= 11 is 0. The van der Waals surface area contributed by atoms with Crippen LogP contribution in [0.2, 0.25) is 0 Å². The van der Waals surface area contributed by atoms with Crippen molar-refractivity contribution in [3.8, 4) is 11.1 Å². The summed E-state index contributed by atoms with van der Waals surface area (Å²) in [7, 11) is 0. The molecule has 152 valence electrons. The van der Waals surface area contributed by atoms with Crippen LogP contribution < -0.4 is 0 Å². The number of aliphatic hydroxyl groups is 1. The number of aromatic nitrogens is 1. The van der Waals surface area contributed by atoms with E-state index in [1.165, 1.54) is 6.07 Å². The van der Waals surface area contributed by atoms with Gasteiger partial charge < -0.3 is 9.84 Å². The van der Waals surface area contributed by atoms with Gasteiger partial charge in [0.05, 0.1) is 5.69 Å². The van der Waals surface area contributed by atoms with Crippen LogP contribution in [0.25, 0.3) is 17.2 Å². The molecule has 2 fully saturated rings. The number of fused-ring (bicyclic) bond motifs is 1. The number of ether oxygens (including phenoxy) is 1. The lowest BCUT2D eigenvalue weighted by Gasteiger charge is -2.44. The van der Waals surface area contributed by atoms with Gasteiger partial charge in [-0.25, -0.2) is 9.18 Å². The van der Waals surface area contributed by atoms with Crippen molar-refractivity contribution in [3.05, 3.63) is 60.2 Å². The smallest absolute Gasteiger partial charge is 0.338 e. The molecular formula is C24H26FNO3. The summed E-state index contributed by atoms with van der Waals surface area (Å²) in [6, 6.07) is 10.3. The second kappa shape index (κ2) is 7.38. The Kier molecular flexibility index (Phi) is 5.03. The number of benzene rings is 1. The summed E-state index contributed by atoms with van der Waals surface area (Å²) in [5.41, 5.74) is 0.572. The fraction of sp³-hybridized carbons (Fsp3) is 0.417. The summed E-state index contributed by atoms with van der Waals surface area (Å²) in [6.07, 6.45) is 5.72. The average Bonchev–Trinajstić information content (AvgIpc) is 2.92. The van der Waals surface area contributed by atoms with Crippen LogP contribution >= 0.6 is 0 Å². The summed E-state index contributed by atoms with van der Waals surface area (Å²) < 4.78 is 19.4. The predicted molar refractivity (Wildman–Crippen MR) is 109 cm³/mol. The van der Waals surface area contributed by atoms with E-state index in [4.69, 9.17) is 4.74 Å². The minimum atomic E-state index is -1.41. The van der Waals surface area contributed by atoms with Gasteiger partial charge in [0.1, 0.15) is 11.9 Å². The molecule has 1 saturated heterocycles. The van der Waals surface area contributed by atoms with Crippen molar-refractivity contribution >= 4 is 12.0 Å². The van der Waals surface area contributed by atoms with E-state index in [0.29, 0.717) is 17.9 Å². The van der Waals surface area contributed by atoms with E-state index < -0.39 is 11.6 Å². The van der Waals surface area contributed by atoms with Gasteiger partial charge in [0.2, 0.25) is 0 Å². The highest BCUT2D eigenvalue weighted by Crippen LogP contribution is 2.51. The third-order valence-electron chi connectivity index (χ3n) is 6.72. The molecule has 1 saturated carbocycles.